The number of carbonyl (C=O) groups excluding carboxylic acids is 1. The van der Waals surface area contributed by atoms with Gasteiger partial charge in [0.05, 0.1) is 6.20 Å². The summed E-state index contributed by atoms with van der Waals surface area (Å²) in [6, 6.07) is 0. The highest BCUT2D eigenvalue weighted by atomic mass is 16.5. The summed E-state index contributed by atoms with van der Waals surface area (Å²) >= 11 is 0. The standard InChI is InChI=1S/C8H8N2O2/c1-6-4-10-12-7(6)8(2-3-8)9-5-11/h4H,2-3H2,1H3. The van der Waals surface area contributed by atoms with Gasteiger partial charge in [0.2, 0.25) is 6.08 Å². The number of nitrogens with zero attached hydrogens (tertiary/aromatic N) is 2. The fraction of sp³-hybridized carbons (Fsp3) is 0.500. The Morgan fingerprint density at radius 1 is 1.75 bits per heavy atom. The number of rotatable bonds is 2. The number of aliphatic imine (C=N–C) groups is 1. The van der Waals surface area contributed by atoms with Crippen LogP contribution >= 0.6 is 0 Å². The van der Waals surface area contributed by atoms with Gasteiger partial charge in [-0.25, -0.2) is 4.79 Å². The van der Waals surface area contributed by atoms with E-state index in [1.807, 2.05) is 6.92 Å². The first kappa shape index (κ1) is 7.25. The number of aromatic nitrogens is 1. The predicted octanol–water partition coefficient (Wildman–Crippen LogP) is 1.31. The van der Waals surface area contributed by atoms with Crippen molar-refractivity contribution < 1.29 is 9.32 Å². The maximum atomic E-state index is 10.1. The largest absolute Gasteiger partial charge is 0.358 e. The van der Waals surface area contributed by atoms with E-state index in [2.05, 4.69) is 10.1 Å². The number of hydrogen-bond donors (Lipinski definition) is 0. The van der Waals surface area contributed by atoms with Crippen molar-refractivity contribution in [3.05, 3.63) is 17.5 Å². The van der Waals surface area contributed by atoms with Crippen molar-refractivity contribution in [1.82, 2.24) is 5.16 Å². The summed E-state index contributed by atoms with van der Waals surface area (Å²) in [5.74, 6) is 0.714. The minimum atomic E-state index is -0.414. The van der Waals surface area contributed by atoms with Gasteiger partial charge in [-0.1, -0.05) is 5.16 Å². The van der Waals surface area contributed by atoms with Crippen molar-refractivity contribution in [1.29, 1.82) is 0 Å². The molecule has 1 aliphatic carbocycles. The topological polar surface area (TPSA) is 55.5 Å². The maximum Gasteiger partial charge on any atom is 0.235 e. The van der Waals surface area contributed by atoms with Crippen LogP contribution in [0.25, 0.3) is 0 Å². The van der Waals surface area contributed by atoms with Crippen LogP contribution in [0, 0.1) is 6.92 Å². The SMILES string of the molecule is Cc1cnoc1C1(N=C=O)CC1. The molecule has 1 heterocycles. The molecule has 1 aromatic heterocycles. The van der Waals surface area contributed by atoms with Gasteiger partial charge in [0, 0.05) is 5.56 Å². The van der Waals surface area contributed by atoms with Crippen LogP contribution in [0.4, 0.5) is 0 Å². The van der Waals surface area contributed by atoms with Crippen molar-refractivity contribution in [2.45, 2.75) is 25.3 Å². The van der Waals surface area contributed by atoms with Crippen molar-refractivity contribution in [3.63, 3.8) is 0 Å². The Balaban J connectivity index is 2.42. The van der Waals surface area contributed by atoms with Crippen LogP contribution in [0.15, 0.2) is 15.7 Å². The molecule has 0 aromatic carbocycles. The molecule has 12 heavy (non-hydrogen) atoms. The highest BCUT2D eigenvalue weighted by molar-refractivity contribution is 5.39. The summed E-state index contributed by atoms with van der Waals surface area (Å²) in [6.45, 7) is 1.90. The van der Waals surface area contributed by atoms with E-state index in [0.29, 0.717) is 5.76 Å². The lowest BCUT2D eigenvalue weighted by atomic mass is 10.1. The minimum absolute atomic E-state index is 0.414. The first-order valence-corrected chi connectivity index (χ1v) is 3.79. The third-order valence-corrected chi connectivity index (χ3v) is 2.15. The molecule has 0 aliphatic heterocycles. The third-order valence-electron chi connectivity index (χ3n) is 2.15. The molecule has 0 saturated heterocycles. The molecule has 0 unspecified atom stereocenters. The lowest BCUT2D eigenvalue weighted by Crippen LogP contribution is -2.01. The monoisotopic (exact) mass is 164 g/mol. The van der Waals surface area contributed by atoms with Gasteiger partial charge in [0.25, 0.3) is 0 Å². The number of hydrogen-bond acceptors (Lipinski definition) is 4. The van der Waals surface area contributed by atoms with Gasteiger partial charge in [0.15, 0.2) is 5.76 Å². The second kappa shape index (κ2) is 2.29. The van der Waals surface area contributed by atoms with Gasteiger partial charge in [-0.15, -0.1) is 0 Å². The minimum Gasteiger partial charge on any atom is -0.358 e. The molecule has 1 saturated carbocycles. The molecule has 0 bridgehead atoms. The molecule has 4 nitrogen and oxygen atoms in total. The first-order valence-electron chi connectivity index (χ1n) is 3.79. The van der Waals surface area contributed by atoms with Crippen LogP contribution in [0.3, 0.4) is 0 Å². The van der Waals surface area contributed by atoms with Crippen LogP contribution in [0.5, 0.6) is 0 Å². The fourth-order valence-corrected chi connectivity index (χ4v) is 1.34. The Bertz CT molecular complexity index is 346. The predicted molar refractivity (Wildman–Crippen MR) is 40.3 cm³/mol. The summed E-state index contributed by atoms with van der Waals surface area (Å²) in [7, 11) is 0. The van der Waals surface area contributed by atoms with Gasteiger partial charge in [-0.05, 0) is 19.8 Å². The van der Waals surface area contributed by atoms with E-state index >= 15 is 0 Å². The molecule has 0 spiro atoms. The molecule has 0 amide bonds. The van der Waals surface area contributed by atoms with E-state index in [-0.39, 0.29) is 0 Å². The van der Waals surface area contributed by atoms with Crippen molar-refractivity contribution in [2.24, 2.45) is 4.99 Å². The third kappa shape index (κ3) is 0.889. The van der Waals surface area contributed by atoms with Crippen molar-refractivity contribution in [2.75, 3.05) is 0 Å². The number of isocyanates is 1. The molecule has 1 aliphatic rings. The first-order chi connectivity index (χ1) is 5.78. The zero-order valence-electron chi connectivity index (χ0n) is 6.70. The Labute approximate surface area is 69.3 Å². The van der Waals surface area contributed by atoms with Crippen LogP contribution in [-0.2, 0) is 10.3 Å². The van der Waals surface area contributed by atoms with Gasteiger partial charge in [0.1, 0.15) is 5.54 Å². The second-order valence-corrected chi connectivity index (χ2v) is 3.07. The molecule has 2 rings (SSSR count). The van der Waals surface area contributed by atoms with E-state index in [1.165, 1.54) is 0 Å². The molecule has 0 N–H and O–H groups in total. The van der Waals surface area contributed by atoms with Crippen LogP contribution in [-0.4, -0.2) is 11.2 Å². The summed E-state index contributed by atoms with van der Waals surface area (Å²) in [4.78, 5) is 13.8. The molecular formula is C8H8N2O2. The zero-order valence-corrected chi connectivity index (χ0v) is 6.70. The molecular weight excluding hydrogens is 156 g/mol. The van der Waals surface area contributed by atoms with Gasteiger partial charge in [-0.2, -0.15) is 4.99 Å². The molecule has 0 radical (unpaired) electrons. The molecule has 62 valence electrons. The summed E-state index contributed by atoms with van der Waals surface area (Å²) in [5.41, 5.74) is 0.536. The van der Waals surface area contributed by atoms with E-state index in [0.717, 1.165) is 18.4 Å². The Hall–Kier alpha value is -1.41. The highest BCUT2D eigenvalue weighted by Crippen LogP contribution is 2.50. The zero-order chi connectivity index (χ0) is 8.60. The van der Waals surface area contributed by atoms with Crippen LogP contribution in [0.1, 0.15) is 24.2 Å². The summed E-state index contributed by atoms with van der Waals surface area (Å²) in [5, 5.41) is 3.65. The van der Waals surface area contributed by atoms with E-state index in [4.69, 9.17) is 4.52 Å². The van der Waals surface area contributed by atoms with Crippen molar-refractivity contribution in [3.8, 4) is 0 Å². The Morgan fingerprint density at radius 2 is 2.50 bits per heavy atom. The Morgan fingerprint density at radius 3 is 2.92 bits per heavy atom. The lowest BCUT2D eigenvalue weighted by Gasteiger charge is -2.01. The lowest BCUT2D eigenvalue weighted by molar-refractivity contribution is 0.353. The quantitative estimate of drug-likeness (QED) is 0.489. The average Bonchev–Trinajstić information content (AvgIpc) is 2.68. The molecule has 4 heteroatoms. The van der Waals surface area contributed by atoms with Gasteiger partial charge in [-0.3, -0.25) is 0 Å². The van der Waals surface area contributed by atoms with Crippen molar-refractivity contribution >= 4 is 6.08 Å². The van der Waals surface area contributed by atoms with E-state index < -0.39 is 5.54 Å². The van der Waals surface area contributed by atoms with Crippen LogP contribution in [0.2, 0.25) is 0 Å². The second-order valence-electron chi connectivity index (χ2n) is 3.07. The molecule has 1 aromatic rings. The fourth-order valence-electron chi connectivity index (χ4n) is 1.34. The smallest absolute Gasteiger partial charge is 0.235 e. The molecule has 1 fully saturated rings. The highest BCUT2D eigenvalue weighted by Gasteiger charge is 2.49. The van der Waals surface area contributed by atoms with Gasteiger partial charge >= 0.3 is 0 Å². The van der Waals surface area contributed by atoms with Gasteiger partial charge < -0.3 is 4.52 Å². The van der Waals surface area contributed by atoms with Crippen LogP contribution < -0.4 is 0 Å². The summed E-state index contributed by atoms with van der Waals surface area (Å²) < 4.78 is 5.02. The Kier molecular flexibility index (Phi) is 1.38. The van der Waals surface area contributed by atoms with E-state index in [9.17, 15) is 4.79 Å². The molecule has 0 atom stereocenters. The number of aryl methyl sites for hydroxylation is 1. The van der Waals surface area contributed by atoms with E-state index in [1.54, 1.807) is 12.3 Å². The maximum absolute atomic E-state index is 10.1. The normalized spacial score (nSPS) is 18.4. The average molecular weight is 164 g/mol. The summed E-state index contributed by atoms with van der Waals surface area (Å²) in [6.07, 6.45) is 4.93.